The Morgan fingerprint density at radius 1 is 1.33 bits per heavy atom. The molecule has 36 heavy (non-hydrogen) atoms. The largest absolute Gasteiger partial charge is 0.489 e. The quantitative estimate of drug-likeness (QED) is 0.370. The van der Waals surface area contributed by atoms with Crippen LogP contribution in [0.5, 0.6) is 5.75 Å². The topological polar surface area (TPSA) is 87.3 Å². The van der Waals surface area contributed by atoms with Gasteiger partial charge in [0.1, 0.15) is 24.5 Å². The van der Waals surface area contributed by atoms with E-state index in [0.29, 0.717) is 40.7 Å². The molecule has 7 nitrogen and oxygen atoms in total. The van der Waals surface area contributed by atoms with Gasteiger partial charge in [0, 0.05) is 27.3 Å². The van der Waals surface area contributed by atoms with Crippen molar-refractivity contribution >= 4 is 44.5 Å². The second-order valence-electron chi connectivity index (χ2n) is 9.02. The highest BCUT2D eigenvalue weighted by Crippen LogP contribution is 2.48. The fourth-order valence-electron chi connectivity index (χ4n) is 4.56. The highest BCUT2D eigenvalue weighted by Gasteiger charge is 2.49. The van der Waals surface area contributed by atoms with Crippen LogP contribution in [0.4, 0.5) is 18.9 Å². The molecule has 2 atom stereocenters. The minimum Gasteiger partial charge on any atom is -0.489 e. The van der Waals surface area contributed by atoms with Crippen molar-refractivity contribution in [1.29, 1.82) is 0 Å². The average molecular weight is 567 g/mol. The number of ether oxygens (including phenoxy) is 1. The van der Waals surface area contributed by atoms with Crippen LogP contribution in [0.25, 0.3) is 11.0 Å². The fourth-order valence-corrected chi connectivity index (χ4v) is 5.35. The third-order valence-electron chi connectivity index (χ3n) is 6.44. The normalized spacial score (nSPS) is 18.4. The van der Waals surface area contributed by atoms with Gasteiger partial charge in [0.2, 0.25) is 11.8 Å². The van der Waals surface area contributed by atoms with Gasteiger partial charge in [0.25, 0.3) is 0 Å². The van der Waals surface area contributed by atoms with Gasteiger partial charge in [0.05, 0.1) is 17.7 Å². The van der Waals surface area contributed by atoms with Crippen molar-refractivity contribution in [2.24, 2.45) is 0 Å². The van der Waals surface area contributed by atoms with Gasteiger partial charge in [-0.25, -0.2) is 4.98 Å². The van der Waals surface area contributed by atoms with E-state index in [1.165, 1.54) is 4.90 Å². The molecule has 192 valence electrons. The molecule has 2 aromatic heterocycles. The van der Waals surface area contributed by atoms with Crippen molar-refractivity contribution in [1.82, 2.24) is 15.3 Å². The van der Waals surface area contributed by atoms with Gasteiger partial charge in [0.15, 0.2) is 0 Å². The summed E-state index contributed by atoms with van der Waals surface area (Å²) in [5.41, 5.74) is 0.999. The van der Waals surface area contributed by atoms with Gasteiger partial charge in [-0.15, -0.1) is 0 Å². The van der Waals surface area contributed by atoms with Crippen LogP contribution < -0.4 is 15.0 Å². The van der Waals surface area contributed by atoms with Crippen LogP contribution in [0.1, 0.15) is 38.7 Å². The van der Waals surface area contributed by atoms with Crippen molar-refractivity contribution in [3.63, 3.8) is 0 Å². The summed E-state index contributed by atoms with van der Waals surface area (Å²) >= 11 is 3.53. The van der Waals surface area contributed by atoms with Crippen LogP contribution in [0.3, 0.4) is 0 Å². The number of aromatic nitrogens is 2. The zero-order valence-electron chi connectivity index (χ0n) is 19.8. The minimum atomic E-state index is -4.53. The van der Waals surface area contributed by atoms with Crippen LogP contribution in [0.2, 0.25) is 0 Å². The Bertz CT molecular complexity index is 1280. The van der Waals surface area contributed by atoms with E-state index in [1.54, 1.807) is 31.5 Å². The summed E-state index contributed by atoms with van der Waals surface area (Å²) in [6.07, 6.45) is 0.382. The summed E-state index contributed by atoms with van der Waals surface area (Å²) in [7, 11) is 0. The summed E-state index contributed by atoms with van der Waals surface area (Å²) < 4.78 is 44.5. The monoisotopic (exact) mass is 566 g/mol. The van der Waals surface area contributed by atoms with E-state index < -0.39 is 30.6 Å². The highest BCUT2D eigenvalue weighted by molar-refractivity contribution is 9.10. The Balaban J connectivity index is 1.51. The number of alkyl halides is 3. The Morgan fingerprint density at radius 3 is 2.83 bits per heavy atom. The van der Waals surface area contributed by atoms with Crippen LogP contribution in [-0.4, -0.2) is 47.2 Å². The SMILES string of the molecule is CCC(CC[C@]1(C)C(=O)N(CC(=O)NCC(F)(F)F)c2cccc(Br)c21)Oc1cnc2[nH]ccc2c1. The van der Waals surface area contributed by atoms with E-state index in [4.69, 9.17) is 4.74 Å². The summed E-state index contributed by atoms with van der Waals surface area (Å²) in [5.74, 6) is -0.587. The molecule has 0 fully saturated rings. The van der Waals surface area contributed by atoms with Crippen LogP contribution in [-0.2, 0) is 15.0 Å². The lowest BCUT2D eigenvalue weighted by atomic mass is 9.78. The van der Waals surface area contributed by atoms with Crippen molar-refractivity contribution in [2.75, 3.05) is 18.0 Å². The van der Waals surface area contributed by atoms with Crippen molar-refractivity contribution in [3.05, 3.63) is 52.8 Å². The lowest BCUT2D eigenvalue weighted by Crippen LogP contribution is -2.45. The first-order chi connectivity index (χ1) is 17.0. The van der Waals surface area contributed by atoms with E-state index in [9.17, 15) is 22.8 Å². The Kier molecular flexibility index (Phi) is 7.31. The molecule has 11 heteroatoms. The third-order valence-corrected chi connectivity index (χ3v) is 7.10. The number of carbonyl (C=O) groups is 2. The molecular formula is C25H26BrF3N4O3. The third kappa shape index (κ3) is 5.35. The summed E-state index contributed by atoms with van der Waals surface area (Å²) in [4.78, 5) is 34.5. The van der Waals surface area contributed by atoms with Crippen LogP contribution in [0, 0.1) is 0 Å². The number of rotatable bonds is 9. The number of nitrogens with one attached hydrogen (secondary N) is 2. The predicted octanol–water partition coefficient (Wildman–Crippen LogP) is 5.25. The van der Waals surface area contributed by atoms with E-state index >= 15 is 0 Å². The fraction of sp³-hybridized carbons (Fsp3) is 0.400. The number of halogens is 4. The van der Waals surface area contributed by atoms with Gasteiger partial charge < -0.3 is 19.9 Å². The van der Waals surface area contributed by atoms with Crippen LogP contribution >= 0.6 is 15.9 Å². The van der Waals surface area contributed by atoms with E-state index in [1.807, 2.05) is 30.4 Å². The van der Waals surface area contributed by atoms with E-state index in [2.05, 4.69) is 25.9 Å². The van der Waals surface area contributed by atoms with Crippen LogP contribution in [0.15, 0.2) is 47.2 Å². The number of H-pyrrole nitrogens is 1. The zero-order chi connectivity index (χ0) is 26.1. The first-order valence-corrected chi connectivity index (χ1v) is 12.4. The van der Waals surface area contributed by atoms with Crippen molar-refractivity contribution in [3.8, 4) is 5.75 Å². The summed E-state index contributed by atoms with van der Waals surface area (Å²) in [6.45, 7) is 1.85. The molecule has 0 aliphatic carbocycles. The molecular weight excluding hydrogens is 541 g/mol. The summed E-state index contributed by atoms with van der Waals surface area (Å²) in [5, 5.41) is 2.77. The number of carbonyl (C=O) groups excluding carboxylic acids is 2. The molecule has 1 aliphatic heterocycles. The average Bonchev–Trinajstić information content (AvgIpc) is 3.37. The van der Waals surface area contributed by atoms with E-state index in [-0.39, 0.29) is 12.0 Å². The maximum Gasteiger partial charge on any atom is 0.405 e. The molecule has 2 amide bonds. The smallest absolute Gasteiger partial charge is 0.405 e. The van der Waals surface area contributed by atoms with Crippen molar-refractivity contribution < 1.29 is 27.5 Å². The maximum atomic E-state index is 13.6. The molecule has 1 unspecified atom stereocenters. The van der Waals surface area contributed by atoms with Crippen molar-refractivity contribution in [2.45, 2.75) is 50.8 Å². The molecule has 1 aromatic carbocycles. The number of hydrogen-bond donors (Lipinski definition) is 2. The standard InChI is InChI=1S/C25H26BrF3N4O3/c1-3-16(36-17-11-15-8-10-30-22(15)31-12-17)7-9-24(2)21-18(26)5-4-6-19(21)33(23(24)35)13-20(34)32-14-25(27,28)29/h4-6,8,10-12,16H,3,7,9,13-14H2,1-2H3,(H,30,31)(H,32,34)/t16?,24-/m0/s1. The number of benzene rings is 1. The molecule has 0 saturated carbocycles. The number of amides is 2. The number of aromatic amines is 1. The van der Waals surface area contributed by atoms with Gasteiger partial charge in [-0.05, 0) is 50.5 Å². The highest BCUT2D eigenvalue weighted by atomic mass is 79.9. The molecule has 4 rings (SSSR count). The molecule has 0 saturated heterocycles. The number of pyridine rings is 1. The predicted molar refractivity (Wildman–Crippen MR) is 133 cm³/mol. The number of fused-ring (bicyclic) bond motifs is 2. The minimum absolute atomic E-state index is 0.192. The van der Waals surface area contributed by atoms with Gasteiger partial charge in [-0.3, -0.25) is 9.59 Å². The first-order valence-electron chi connectivity index (χ1n) is 11.6. The number of nitrogens with zero attached hydrogens (tertiary/aromatic N) is 2. The van der Waals surface area contributed by atoms with Gasteiger partial charge in [-0.2, -0.15) is 13.2 Å². The molecule has 0 spiro atoms. The number of anilines is 1. The molecule has 2 N–H and O–H groups in total. The zero-order valence-corrected chi connectivity index (χ0v) is 21.4. The van der Waals surface area contributed by atoms with E-state index in [0.717, 1.165) is 11.0 Å². The molecule has 0 radical (unpaired) electrons. The number of hydrogen-bond acceptors (Lipinski definition) is 4. The first kappa shape index (κ1) is 26.0. The lowest BCUT2D eigenvalue weighted by molar-refractivity contribution is -0.138. The van der Waals surface area contributed by atoms with Gasteiger partial charge >= 0.3 is 6.18 Å². The Hall–Kier alpha value is -3.08. The molecule has 0 bridgehead atoms. The lowest BCUT2D eigenvalue weighted by Gasteiger charge is -2.27. The maximum absolute atomic E-state index is 13.6. The summed E-state index contributed by atoms with van der Waals surface area (Å²) in [6, 6.07) is 9.04. The van der Waals surface area contributed by atoms with Gasteiger partial charge in [-0.1, -0.05) is 28.9 Å². The second-order valence-corrected chi connectivity index (χ2v) is 9.88. The Labute approximate surface area is 214 Å². The second kappa shape index (κ2) is 10.1. The molecule has 1 aliphatic rings. The Morgan fingerprint density at radius 2 is 2.11 bits per heavy atom. The molecule has 3 aromatic rings. The molecule has 3 heterocycles.